The summed E-state index contributed by atoms with van der Waals surface area (Å²) in [5.74, 6) is 0. The maximum Gasteiger partial charge on any atom is 0.509 e. The van der Waals surface area contributed by atoms with Crippen molar-refractivity contribution in [2.75, 3.05) is 7.11 Å². The Hall–Kier alpha value is -1.24. The monoisotopic (exact) mass is 199 g/mol. The van der Waals surface area contributed by atoms with Gasteiger partial charge in [0.25, 0.3) is 0 Å². The molecule has 0 aromatic carbocycles. The summed E-state index contributed by atoms with van der Waals surface area (Å²) in [5.41, 5.74) is -1.05. The minimum absolute atomic E-state index is 0.548. The Morgan fingerprint density at radius 2 is 2.14 bits per heavy atom. The molecule has 0 spiro atoms. The number of nitrogens with zero attached hydrogens (tertiary/aromatic N) is 1. The van der Waals surface area contributed by atoms with Crippen LogP contribution in [0, 0.1) is 11.3 Å². The number of carbonyl (C=O) groups excluding carboxylic acids is 1. The lowest BCUT2D eigenvalue weighted by Crippen LogP contribution is -2.29. The second-order valence-electron chi connectivity index (χ2n) is 3.36. The molecule has 80 valence electrons. The lowest BCUT2D eigenvalue weighted by atomic mass is 10.00. The van der Waals surface area contributed by atoms with E-state index in [9.17, 15) is 4.79 Å². The van der Waals surface area contributed by atoms with Gasteiger partial charge in [0.2, 0.25) is 0 Å². The molecule has 14 heavy (non-hydrogen) atoms. The van der Waals surface area contributed by atoms with E-state index in [4.69, 9.17) is 10.00 Å². The minimum Gasteiger partial charge on any atom is -0.438 e. The van der Waals surface area contributed by atoms with Gasteiger partial charge in [-0.2, -0.15) is 5.26 Å². The van der Waals surface area contributed by atoms with Crippen molar-refractivity contribution in [2.45, 2.75) is 45.1 Å². The van der Waals surface area contributed by atoms with Gasteiger partial charge in [-0.1, -0.05) is 19.8 Å². The molecule has 0 aromatic rings. The van der Waals surface area contributed by atoms with Crippen LogP contribution in [0.1, 0.15) is 39.5 Å². The van der Waals surface area contributed by atoms with E-state index in [2.05, 4.69) is 11.7 Å². The molecule has 0 aliphatic rings. The quantitative estimate of drug-likeness (QED) is 0.504. The smallest absolute Gasteiger partial charge is 0.438 e. The van der Waals surface area contributed by atoms with Crippen molar-refractivity contribution in [1.82, 2.24) is 0 Å². The van der Waals surface area contributed by atoms with Crippen LogP contribution in [0.3, 0.4) is 0 Å². The van der Waals surface area contributed by atoms with Crippen LogP contribution in [0.5, 0.6) is 0 Å². The number of hydrogen-bond acceptors (Lipinski definition) is 4. The molecule has 4 heteroatoms. The maximum atomic E-state index is 10.8. The van der Waals surface area contributed by atoms with Gasteiger partial charge in [-0.15, -0.1) is 0 Å². The molecule has 1 atom stereocenters. The first-order valence-electron chi connectivity index (χ1n) is 4.76. The van der Waals surface area contributed by atoms with Crippen LogP contribution in [0.25, 0.3) is 0 Å². The molecule has 0 radical (unpaired) electrons. The van der Waals surface area contributed by atoms with Gasteiger partial charge in [-0.25, -0.2) is 4.79 Å². The summed E-state index contributed by atoms with van der Waals surface area (Å²) in [7, 11) is 1.23. The Balaban J connectivity index is 4.06. The van der Waals surface area contributed by atoms with Crippen molar-refractivity contribution in [2.24, 2.45) is 0 Å². The average Bonchev–Trinajstić information content (AvgIpc) is 2.18. The van der Waals surface area contributed by atoms with Gasteiger partial charge in [0.05, 0.1) is 7.11 Å². The fourth-order valence-electron chi connectivity index (χ4n) is 1.07. The molecule has 0 amide bonds. The largest absolute Gasteiger partial charge is 0.509 e. The van der Waals surface area contributed by atoms with Crippen LogP contribution in [0.4, 0.5) is 4.79 Å². The zero-order valence-electron chi connectivity index (χ0n) is 9.00. The molecule has 0 heterocycles. The fraction of sp³-hybridized carbons (Fsp3) is 0.800. The van der Waals surface area contributed by atoms with E-state index in [-0.39, 0.29) is 0 Å². The molecular formula is C10H17NO3. The Bertz CT molecular complexity index is 222. The Kier molecular flexibility index (Phi) is 5.70. The SMILES string of the molecule is CCCCCC(C)(C#N)OC(=O)OC. The third kappa shape index (κ3) is 4.70. The number of methoxy groups -OCH3 is 1. The standard InChI is InChI=1S/C10H17NO3/c1-4-5-6-7-10(2,8-11)14-9(12)13-3/h4-7H2,1-3H3. The summed E-state index contributed by atoms with van der Waals surface area (Å²) in [6, 6.07) is 1.98. The van der Waals surface area contributed by atoms with E-state index >= 15 is 0 Å². The normalized spacial score (nSPS) is 13.9. The molecule has 1 unspecified atom stereocenters. The molecule has 0 rings (SSSR count). The highest BCUT2D eigenvalue weighted by molar-refractivity contribution is 5.60. The number of carbonyl (C=O) groups is 1. The second-order valence-corrected chi connectivity index (χ2v) is 3.36. The third-order valence-electron chi connectivity index (χ3n) is 1.97. The predicted octanol–water partition coefficient (Wildman–Crippen LogP) is 2.63. The van der Waals surface area contributed by atoms with E-state index in [1.165, 1.54) is 7.11 Å². The Morgan fingerprint density at radius 3 is 2.57 bits per heavy atom. The lowest BCUT2D eigenvalue weighted by Gasteiger charge is -2.20. The number of hydrogen-bond donors (Lipinski definition) is 0. The molecule has 0 N–H and O–H groups in total. The van der Waals surface area contributed by atoms with Crippen LogP contribution < -0.4 is 0 Å². The van der Waals surface area contributed by atoms with E-state index in [1.54, 1.807) is 6.92 Å². The molecule has 0 saturated heterocycles. The van der Waals surface area contributed by atoms with E-state index in [1.807, 2.05) is 6.07 Å². The summed E-state index contributed by atoms with van der Waals surface area (Å²) in [6.07, 6.45) is 2.72. The predicted molar refractivity (Wildman–Crippen MR) is 51.7 cm³/mol. The van der Waals surface area contributed by atoms with Gasteiger partial charge in [0, 0.05) is 6.42 Å². The van der Waals surface area contributed by atoms with Crippen molar-refractivity contribution in [3.8, 4) is 6.07 Å². The van der Waals surface area contributed by atoms with Gasteiger partial charge in [-0.05, 0) is 13.3 Å². The highest BCUT2D eigenvalue weighted by Gasteiger charge is 2.28. The van der Waals surface area contributed by atoms with Crippen molar-refractivity contribution >= 4 is 6.16 Å². The van der Waals surface area contributed by atoms with Gasteiger partial charge in [0.1, 0.15) is 6.07 Å². The van der Waals surface area contributed by atoms with Gasteiger partial charge in [-0.3, -0.25) is 0 Å². The van der Waals surface area contributed by atoms with Gasteiger partial charge >= 0.3 is 6.16 Å². The Labute approximate surface area is 84.8 Å². The van der Waals surface area contributed by atoms with Crippen LogP contribution in [0.15, 0.2) is 0 Å². The first kappa shape index (κ1) is 12.8. The zero-order chi connectivity index (χ0) is 11.0. The second kappa shape index (κ2) is 6.25. The molecular weight excluding hydrogens is 182 g/mol. The molecule has 0 aliphatic carbocycles. The minimum atomic E-state index is -1.05. The summed E-state index contributed by atoms with van der Waals surface area (Å²) in [5, 5.41) is 8.85. The number of rotatable bonds is 5. The van der Waals surface area contributed by atoms with E-state index in [0.29, 0.717) is 6.42 Å². The summed E-state index contributed by atoms with van der Waals surface area (Å²) < 4.78 is 9.20. The first-order chi connectivity index (χ1) is 6.58. The third-order valence-corrected chi connectivity index (χ3v) is 1.97. The maximum absolute atomic E-state index is 10.8. The van der Waals surface area contributed by atoms with E-state index < -0.39 is 11.8 Å². The molecule has 0 bridgehead atoms. The average molecular weight is 199 g/mol. The van der Waals surface area contributed by atoms with Crippen molar-refractivity contribution in [3.63, 3.8) is 0 Å². The van der Waals surface area contributed by atoms with Crippen LogP contribution in [-0.2, 0) is 9.47 Å². The number of ether oxygens (including phenoxy) is 2. The van der Waals surface area contributed by atoms with Gasteiger partial charge in [0.15, 0.2) is 5.60 Å². The molecule has 0 aromatic heterocycles. The lowest BCUT2D eigenvalue weighted by molar-refractivity contribution is 0.00750. The highest BCUT2D eigenvalue weighted by Crippen LogP contribution is 2.19. The van der Waals surface area contributed by atoms with Crippen LogP contribution in [-0.4, -0.2) is 18.9 Å². The van der Waals surface area contributed by atoms with Crippen LogP contribution >= 0.6 is 0 Å². The van der Waals surface area contributed by atoms with Crippen molar-refractivity contribution in [1.29, 1.82) is 5.26 Å². The molecule has 4 nitrogen and oxygen atoms in total. The van der Waals surface area contributed by atoms with Gasteiger partial charge < -0.3 is 9.47 Å². The van der Waals surface area contributed by atoms with E-state index in [0.717, 1.165) is 19.3 Å². The zero-order valence-corrected chi connectivity index (χ0v) is 9.00. The topological polar surface area (TPSA) is 59.3 Å². The summed E-state index contributed by atoms with van der Waals surface area (Å²) in [4.78, 5) is 10.8. The summed E-state index contributed by atoms with van der Waals surface area (Å²) >= 11 is 0. The number of unbranched alkanes of at least 4 members (excludes halogenated alkanes) is 2. The van der Waals surface area contributed by atoms with Crippen molar-refractivity contribution < 1.29 is 14.3 Å². The van der Waals surface area contributed by atoms with Crippen molar-refractivity contribution in [3.05, 3.63) is 0 Å². The summed E-state index contributed by atoms with van der Waals surface area (Å²) in [6.45, 7) is 3.67. The highest BCUT2D eigenvalue weighted by atomic mass is 16.7. The molecule has 0 fully saturated rings. The number of nitriles is 1. The first-order valence-corrected chi connectivity index (χ1v) is 4.76. The molecule has 0 aliphatic heterocycles. The molecule has 0 saturated carbocycles. The van der Waals surface area contributed by atoms with Crippen LogP contribution in [0.2, 0.25) is 0 Å². The Morgan fingerprint density at radius 1 is 1.50 bits per heavy atom. The fourth-order valence-corrected chi connectivity index (χ4v) is 1.07.